The van der Waals surface area contributed by atoms with Gasteiger partial charge < -0.3 is 0 Å². The molecule has 1 aliphatic rings. The molecule has 3 atom stereocenters. The first-order valence-corrected chi connectivity index (χ1v) is 6.11. The van der Waals surface area contributed by atoms with Crippen LogP contribution in [0.3, 0.4) is 0 Å². The Morgan fingerprint density at radius 3 is 1.92 bits per heavy atom. The van der Waals surface area contributed by atoms with Crippen LogP contribution >= 0.6 is 0 Å². The van der Waals surface area contributed by atoms with Crippen LogP contribution in [0.15, 0.2) is 0 Å². The molecule has 0 aromatic heterocycles. The zero-order chi connectivity index (χ0) is 10.4. The van der Waals surface area contributed by atoms with Crippen LogP contribution in [0.2, 0.25) is 0 Å². The van der Waals surface area contributed by atoms with E-state index in [1.807, 2.05) is 13.8 Å². The highest BCUT2D eigenvalue weighted by Crippen LogP contribution is 2.37. The minimum atomic E-state index is 0.896. The number of rotatable bonds is 1. The van der Waals surface area contributed by atoms with Gasteiger partial charge in [0.1, 0.15) is 0 Å². The van der Waals surface area contributed by atoms with Crippen molar-refractivity contribution in [3.63, 3.8) is 0 Å². The normalized spacial score (nSPS) is 33.9. The topological polar surface area (TPSA) is 0 Å². The first kappa shape index (κ1) is 13.0. The second-order valence-corrected chi connectivity index (χ2v) is 4.80. The first-order chi connectivity index (χ1) is 6.11. The molecule has 0 aromatic rings. The highest BCUT2D eigenvalue weighted by Gasteiger charge is 2.27. The molecule has 0 amide bonds. The van der Waals surface area contributed by atoms with Gasteiger partial charge in [-0.2, -0.15) is 0 Å². The van der Waals surface area contributed by atoms with Crippen molar-refractivity contribution in [2.24, 2.45) is 23.7 Å². The summed E-state index contributed by atoms with van der Waals surface area (Å²) in [5, 5.41) is 0. The highest BCUT2D eigenvalue weighted by atomic mass is 14.3. The lowest BCUT2D eigenvalue weighted by Gasteiger charge is -2.35. The lowest BCUT2D eigenvalue weighted by atomic mass is 9.71. The van der Waals surface area contributed by atoms with Crippen molar-refractivity contribution in [1.29, 1.82) is 0 Å². The largest absolute Gasteiger partial charge is 0.0683 e. The zero-order valence-corrected chi connectivity index (χ0v) is 10.4. The Kier molecular flexibility index (Phi) is 6.45. The molecule has 0 radical (unpaired) electrons. The van der Waals surface area contributed by atoms with Crippen molar-refractivity contribution in [1.82, 2.24) is 0 Å². The van der Waals surface area contributed by atoms with E-state index < -0.39 is 0 Å². The van der Waals surface area contributed by atoms with E-state index in [-0.39, 0.29) is 0 Å². The molecule has 1 rings (SSSR count). The summed E-state index contributed by atoms with van der Waals surface area (Å²) in [5.74, 6) is 3.86. The third-order valence-corrected chi connectivity index (χ3v) is 3.38. The average Bonchev–Trinajstić information content (AvgIpc) is 2.12. The minimum Gasteiger partial charge on any atom is -0.0683 e. The summed E-state index contributed by atoms with van der Waals surface area (Å²) in [4.78, 5) is 0. The molecule has 3 unspecified atom stereocenters. The summed E-state index contributed by atoms with van der Waals surface area (Å²) in [7, 11) is 0. The summed E-state index contributed by atoms with van der Waals surface area (Å²) >= 11 is 0. The van der Waals surface area contributed by atoms with E-state index in [4.69, 9.17) is 0 Å². The second kappa shape index (κ2) is 6.45. The van der Waals surface area contributed by atoms with Gasteiger partial charge in [-0.1, -0.05) is 54.4 Å². The van der Waals surface area contributed by atoms with E-state index in [1.54, 1.807) is 0 Å². The van der Waals surface area contributed by atoms with Gasteiger partial charge >= 0.3 is 0 Å². The fourth-order valence-corrected chi connectivity index (χ4v) is 2.51. The van der Waals surface area contributed by atoms with Gasteiger partial charge in [0.15, 0.2) is 0 Å². The monoisotopic (exact) mass is 184 g/mol. The predicted molar refractivity (Wildman–Crippen MR) is 61.9 cm³/mol. The van der Waals surface area contributed by atoms with Crippen molar-refractivity contribution in [2.45, 2.75) is 60.8 Å². The molecule has 1 aliphatic carbocycles. The van der Waals surface area contributed by atoms with Gasteiger partial charge in [0, 0.05) is 0 Å². The zero-order valence-electron chi connectivity index (χ0n) is 10.4. The molecule has 0 heteroatoms. The van der Waals surface area contributed by atoms with Crippen molar-refractivity contribution in [3.8, 4) is 0 Å². The SMILES string of the molecule is CC.CC1CCC(C)C(C(C)C)C1. The fraction of sp³-hybridized carbons (Fsp3) is 1.00. The predicted octanol–water partition coefficient (Wildman–Crippen LogP) is 4.74. The smallest absolute Gasteiger partial charge is 0.0363 e. The fourth-order valence-electron chi connectivity index (χ4n) is 2.51. The Morgan fingerprint density at radius 1 is 1.00 bits per heavy atom. The summed E-state index contributed by atoms with van der Waals surface area (Å²) in [5.41, 5.74) is 0. The Balaban J connectivity index is 0.000000671. The Hall–Kier alpha value is 0. The maximum Gasteiger partial charge on any atom is -0.0363 e. The molecular formula is C13H28. The van der Waals surface area contributed by atoms with Crippen LogP contribution < -0.4 is 0 Å². The number of hydrogen-bond donors (Lipinski definition) is 0. The summed E-state index contributed by atoms with van der Waals surface area (Å²) in [6.07, 6.45) is 4.40. The van der Waals surface area contributed by atoms with E-state index in [2.05, 4.69) is 27.7 Å². The van der Waals surface area contributed by atoms with E-state index in [0.29, 0.717) is 0 Å². The van der Waals surface area contributed by atoms with Crippen molar-refractivity contribution < 1.29 is 0 Å². The highest BCUT2D eigenvalue weighted by molar-refractivity contribution is 4.77. The standard InChI is InChI=1S/C11H22.C2H6/c1-8(2)11-7-9(3)5-6-10(11)4;1-2/h8-11H,5-7H2,1-4H3;1-2H3. The Morgan fingerprint density at radius 2 is 1.54 bits per heavy atom. The van der Waals surface area contributed by atoms with Gasteiger partial charge in [-0.25, -0.2) is 0 Å². The van der Waals surface area contributed by atoms with Crippen LogP contribution in [0.4, 0.5) is 0 Å². The lowest BCUT2D eigenvalue weighted by molar-refractivity contribution is 0.155. The summed E-state index contributed by atoms with van der Waals surface area (Å²) < 4.78 is 0. The minimum absolute atomic E-state index is 0.896. The maximum atomic E-state index is 2.43. The first-order valence-electron chi connectivity index (χ1n) is 6.11. The molecule has 0 bridgehead atoms. The average molecular weight is 184 g/mol. The van der Waals surface area contributed by atoms with E-state index in [0.717, 1.165) is 23.7 Å². The number of hydrogen-bond acceptors (Lipinski definition) is 0. The van der Waals surface area contributed by atoms with Gasteiger partial charge in [0.2, 0.25) is 0 Å². The van der Waals surface area contributed by atoms with Crippen molar-refractivity contribution >= 4 is 0 Å². The molecule has 0 heterocycles. The van der Waals surface area contributed by atoms with Crippen LogP contribution in [-0.2, 0) is 0 Å². The van der Waals surface area contributed by atoms with Crippen LogP contribution in [-0.4, -0.2) is 0 Å². The van der Waals surface area contributed by atoms with E-state index in [9.17, 15) is 0 Å². The molecular weight excluding hydrogens is 156 g/mol. The molecule has 0 aromatic carbocycles. The molecule has 0 nitrogen and oxygen atoms in total. The van der Waals surface area contributed by atoms with Gasteiger partial charge in [0.25, 0.3) is 0 Å². The Bertz CT molecular complexity index is 115. The molecule has 80 valence electrons. The van der Waals surface area contributed by atoms with E-state index in [1.165, 1.54) is 19.3 Å². The van der Waals surface area contributed by atoms with Gasteiger partial charge in [0.05, 0.1) is 0 Å². The van der Waals surface area contributed by atoms with Crippen LogP contribution in [0.5, 0.6) is 0 Å². The molecule has 13 heavy (non-hydrogen) atoms. The molecule has 1 fully saturated rings. The van der Waals surface area contributed by atoms with E-state index >= 15 is 0 Å². The molecule has 0 aliphatic heterocycles. The van der Waals surface area contributed by atoms with Crippen molar-refractivity contribution in [3.05, 3.63) is 0 Å². The second-order valence-electron chi connectivity index (χ2n) is 4.80. The molecule has 0 spiro atoms. The van der Waals surface area contributed by atoms with Gasteiger partial charge in [-0.15, -0.1) is 0 Å². The maximum absolute atomic E-state index is 2.43. The third kappa shape index (κ3) is 4.15. The van der Waals surface area contributed by atoms with Gasteiger partial charge in [-0.3, -0.25) is 0 Å². The summed E-state index contributed by atoms with van der Waals surface area (Å²) in [6, 6.07) is 0. The molecule has 0 N–H and O–H groups in total. The quantitative estimate of drug-likeness (QED) is 0.552. The lowest BCUT2D eigenvalue weighted by Crippen LogP contribution is -2.25. The Labute approximate surface area is 85.1 Å². The molecule has 0 saturated heterocycles. The third-order valence-electron chi connectivity index (χ3n) is 3.38. The summed E-state index contributed by atoms with van der Waals surface area (Å²) in [6.45, 7) is 13.6. The van der Waals surface area contributed by atoms with Crippen LogP contribution in [0.25, 0.3) is 0 Å². The van der Waals surface area contributed by atoms with Crippen molar-refractivity contribution in [2.75, 3.05) is 0 Å². The van der Waals surface area contributed by atoms with Gasteiger partial charge in [-0.05, 0) is 30.1 Å². The van der Waals surface area contributed by atoms with Crippen LogP contribution in [0.1, 0.15) is 60.8 Å². The molecule has 1 saturated carbocycles. The van der Waals surface area contributed by atoms with Crippen LogP contribution in [0, 0.1) is 23.7 Å².